The first-order valence-corrected chi connectivity index (χ1v) is 9.15. The fourth-order valence-electron chi connectivity index (χ4n) is 4.75. The van der Waals surface area contributed by atoms with E-state index >= 15 is 0 Å². The Kier molecular flexibility index (Phi) is 3.45. The highest BCUT2D eigenvalue weighted by atomic mass is 16.6. The van der Waals surface area contributed by atoms with Crippen molar-refractivity contribution in [3.05, 3.63) is 63.7 Å². The Morgan fingerprint density at radius 2 is 1.90 bits per heavy atom. The van der Waals surface area contributed by atoms with Gasteiger partial charge >= 0.3 is 0 Å². The molecule has 9 nitrogen and oxygen atoms in total. The number of benzene rings is 2. The van der Waals surface area contributed by atoms with Gasteiger partial charge in [0.25, 0.3) is 5.69 Å². The molecule has 9 heteroatoms. The molecule has 1 spiro atoms. The number of amides is 3. The number of carbonyl (C=O) groups excluding carboxylic acids is 3. The molecular formula is C20H16N4O5. The van der Waals surface area contributed by atoms with Crippen molar-refractivity contribution in [3.63, 3.8) is 0 Å². The summed E-state index contributed by atoms with van der Waals surface area (Å²) in [5, 5.41) is 17.1. The fourth-order valence-corrected chi connectivity index (χ4v) is 4.75. The molecule has 2 saturated heterocycles. The van der Waals surface area contributed by atoms with E-state index in [1.54, 1.807) is 31.2 Å². The first-order valence-electron chi connectivity index (χ1n) is 9.15. The third-order valence-electron chi connectivity index (χ3n) is 6.10. The minimum Gasteiger partial charge on any atom is -0.324 e. The van der Waals surface area contributed by atoms with Crippen LogP contribution in [0, 0.1) is 28.9 Å². The molecule has 0 saturated carbocycles. The van der Waals surface area contributed by atoms with Crippen LogP contribution in [-0.2, 0) is 19.9 Å². The number of hydrogen-bond donors (Lipinski definition) is 2. The molecule has 0 unspecified atom stereocenters. The van der Waals surface area contributed by atoms with Gasteiger partial charge in [-0.05, 0) is 18.6 Å². The lowest BCUT2D eigenvalue weighted by molar-refractivity contribution is -0.384. The van der Waals surface area contributed by atoms with E-state index in [2.05, 4.69) is 10.6 Å². The summed E-state index contributed by atoms with van der Waals surface area (Å²) in [6, 6.07) is 11.1. The Bertz CT molecular complexity index is 1130. The van der Waals surface area contributed by atoms with Crippen molar-refractivity contribution >= 4 is 34.8 Å². The van der Waals surface area contributed by atoms with Crippen LogP contribution in [0.3, 0.4) is 0 Å². The summed E-state index contributed by atoms with van der Waals surface area (Å²) >= 11 is 0. The first kappa shape index (κ1) is 17.5. The predicted octanol–water partition coefficient (Wildman–Crippen LogP) is 1.46. The van der Waals surface area contributed by atoms with Crippen molar-refractivity contribution in [3.8, 4) is 0 Å². The van der Waals surface area contributed by atoms with E-state index in [4.69, 9.17) is 0 Å². The van der Waals surface area contributed by atoms with Crippen molar-refractivity contribution < 1.29 is 19.3 Å². The zero-order valence-corrected chi connectivity index (χ0v) is 15.3. The van der Waals surface area contributed by atoms with Crippen LogP contribution in [0.15, 0.2) is 42.5 Å². The number of fused-ring (bicyclic) bond motifs is 4. The van der Waals surface area contributed by atoms with E-state index < -0.39 is 34.1 Å². The predicted molar refractivity (Wildman–Crippen MR) is 102 cm³/mol. The molecular weight excluding hydrogens is 376 g/mol. The van der Waals surface area contributed by atoms with Gasteiger partial charge in [0.2, 0.25) is 17.7 Å². The quantitative estimate of drug-likeness (QED) is 0.453. The van der Waals surface area contributed by atoms with E-state index in [1.807, 2.05) is 0 Å². The van der Waals surface area contributed by atoms with Gasteiger partial charge in [-0.3, -0.25) is 29.8 Å². The van der Waals surface area contributed by atoms with Crippen molar-refractivity contribution in [2.24, 2.45) is 11.8 Å². The van der Waals surface area contributed by atoms with Gasteiger partial charge < -0.3 is 5.32 Å². The highest BCUT2D eigenvalue weighted by Gasteiger charge is 2.67. The third kappa shape index (κ3) is 2.10. The van der Waals surface area contributed by atoms with Crippen LogP contribution >= 0.6 is 0 Å². The number of imide groups is 1. The monoisotopic (exact) mass is 392 g/mol. The number of aryl methyl sites for hydroxylation is 1. The summed E-state index contributed by atoms with van der Waals surface area (Å²) < 4.78 is 0. The molecule has 0 aromatic heterocycles. The van der Waals surface area contributed by atoms with E-state index in [9.17, 15) is 24.5 Å². The van der Waals surface area contributed by atoms with Gasteiger partial charge in [-0.2, -0.15) is 0 Å². The maximum absolute atomic E-state index is 13.5. The van der Waals surface area contributed by atoms with Crippen LogP contribution in [0.5, 0.6) is 0 Å². The van der Waals surface area contributed by atoms with E-state index in [0.29, 0.717) is 16.8 Å². The van der Waals surface area contributed by atoms with Crippen LogP contribution in [0.2, 0.25) is 0 Å². The highest BCUT2D eigenvalue weighted by molar-refractivity contribution is 6.26. The number of nitrogens with one attached hydrogen (secondary N) is 2. The average Bonchev–Trinajstić information content (AvgIpc) is 3.30. The lowest BCUT2D eigenvalue weighted by atomic mass is 9.77. The average molecular weight is 392 g/mol. The Morgan fingerprint density at radius 1 is 1.14 bits per heavy atom. The molecule has 3 atom stereocenters. The fraction of sp³-hybridized carbons (Fsp3) is 0.250. The maximum Gasteiger partial charge on any atom is 0.271 e. The number of non-ortho nitro benzene ring substituents is 1. The number of hydrogen-bond acceptors (Lipinski definition) is 6. The third-order valence-corrected chi connectivity index (χ3v) is 6.10. The summed E-state index contributed by atoms with van der Waals surface area (Å²) in [7, 11) is 0. The summed E-state index contributed by atoms with van der Waals surface area (Å²) in [6.45, 7) is 1.85. The second-order valence-corrected chi connectivity index (χ2v) is 7.51. The molecule has 5 rings (SSSR count). The lowest BCUT2D eigenvalue weighted by Gasteiger charge is -2.28. The summed E-state index contributed by atoms with van der Waals surface area (Å²) in [5.41, 5.74) is 0.463. The van der Waals surface area contributed by atoms with Gasteiger partial charge in [0, 0.05) is 29.9 Å². The maximum atomic E-state index is 13.5. The van der Waals surface area contributed by atoms with Crippen LogP contribution in [0.1, 0.15) is 11.1 Å². The van der Waals surface area contributed by atoms with Gasteiger partial charge in [-0.15, -0.1) is 0 Å². The molecule has 2 aromatic carbocycles. The highest BCUT2D eigenvalue weighted by Crippen LogP contribution is 2.51. The second-order valence-electron chi connectivity index (χ2n) is 7.51. The van der Waals surface area contributed by atoms with Crippen molar-refractivity contribution in [2.75, 3.05) is 16.8 Å². The Balaban J connectivity index is 1.63. The molecule has 2 N–H and O–H groups in total. The van der Waals surface area contributed by atoms with Crippen LogP contribution in [0.4, 0.5) is 17.1 Å². The minimum atomic E-state index is -1.32. The lowest BCUT2D eigenvalue weighted by Crippen LogP contribution is -2.51. The van der Waals surface area contributed by atoms with Gasteiger partial charge in [-0.1, -0.05) is 24.3 Å². The standard InChI is InChI=1S/C20H16N4O5/c1-10-6-7-11(24(28)29)8-15(10)23-17(25)12-9-21-20(16(12)18(23)26)13-4-2-3-5-14(13)22-19(20)27/h2-8,12,16,21H,9H2,1H3,(H,22,27)/t12-,16+,20-/m1/s1. The summed E-state index contributed by atoms with van der Waals surface area (Å²) in [6.07, 6.45) is 0. The van der Waals surface area contributed by atoms with Gasteiger partial charge in [-0.25, -0.2) is 4.90 Å². The number of carbonyl (C=O) groups is 3. The zero-order chi connectivity index (χ0) is 20.5. The normalized spacial score (nSPS) is 27.3. The smallest absolute Gasteiger partial charge is 0.271 e. The largest absolute Gasteiger partial charge is 0.324 e. The molecule has 0 bridgehead atoms. The van der Waals surface area contributed by atoms with E-state index in [1.165, 1.54) is 18.2 Å². The number of rotatable bonds is 2. The van der Waals surface area contributed by atoms with Gasteiger partial charge in [0.1, 0.15) is 5.54 Å². The van der Waals surface area contributed by atoms with Crippen molar-refractivity contribution in [2.45, 2.75) is 12.5 Å². The molecule has 29 heavy (non-hydrogen) atoms. The van der Waals surface area contributed by atoms with Crippen molar-refractivity contribution in [1.29, 1.82) is 0 Å². The number of nitro benzene ring substituents is 1. The SMILES string of the molecule is Cc1ccc([N+](=O)[O-])cc1N1C(=O)[C@@H]2[C@@H](CN[C@@]23C(=O)Nc2ccccc23)C1=O. The summed E-state index contributed by atoms with van der Waals surface area (Å²) in [4.78, 5) is 51.2. The Morgan fingerprint density at radius 3 is 2.66 bits per heavy atom. The minimum absolute atomic E-state index is 0.168. The van der Waals surface area contributed by atoms with Gasteiger partial charge in [0.05, 0.1) is 22.4 Å². The van der Waals surface area contributed by atoms with Crippen LogP contribution in [0.25, 0.3) is 0 Å². The topological polar surface area (TPSA) is 122 Å². The van der Waals surface area contributed by atoms with Crippen LogP contribution in [-0.4, -0.2) is 29.2 Å². The number of anilines is 2. The Labute approximate surface area is 164 Å². The number of nitrogens with zero attached hydrogens (tertiary/aromatic N) is 2. The second kappa shape index (κ2) is 5.71. The molecule has 3 amide bonds. The molecule has 146 valence electrons. The first-order chi connectivity index (χ1) is 13.9. The number of nitro groups is 1. The molecule has 2 aromatic rings. The molecule has 0 radical (unpaired) electrons. The zero-order valence-electron chi connectivity index (χ0n) is 15.3. The summed E-state index contributed by atoms with van der Waals surface area (Å²) in [5.74, 6) is -2.99. The molecule has 0 aliphatic carbocycles. The van der Waals surface area contributed by atoms with E-state index in [-0.39, 0.29) is 23.8 Å². The molecule has 3 heterocycles. The molecule has 2 fully saturated rings. The number of para-hydroxylation sites is 1. The van der Waals surface area contributed by atoms with Gasteiger partial charge in [0.15, 0.2) is 0 Å². The van der Waals surface area contributed by atoms with Crippen molar-refractivity contribution in [1.82, 2.24) is 5.32 Å². The van der Waals surface area contributed by atoms with Crippen LogP contribution < -0.4 is 15.5 Å². The molecule has 3 aliphatic heterocycles. The molecule has 3 aliphatic rings. The van der Waals surface area contributed by atoms with E-state index in [0.717, 1.165) is 4.90 Å². The Hall–Kier alpha value is -3.59.